The Morgan fingerprint density at radius 3 is 2.41 bits per heavy atom. The van der Waals surface area contributed by atoms with Crippen molar-refractivity contribution in [3.8, 4) is 12.1 Å². The van der Waals surface area contributed by atoms with E-state index >= 15 is 0 Å². The van der Waals surface area contributed by atoms with E-state index in [2.05, 4.69) is 5.32 Å². The molecule has 0 saturated heterocycles. The molecule has 5 heteroatoms. The maximum Gasteiger partial charge on any atom is 0.159 e. The smallest absolute Gasteiger partial charge is 0.159 e. The molecule has 2 aromatic carbocycles. The van der Waals surface area contributed by atoms with Crippen LogP contribution in [0.5, 0.6) is 0 Å². The number of thioether (sulfide) groups is 1. The van der Waals surface area contributed by atoms with E-state index in [0.29, 0.717) is 16.5 Å². The molecule has 0 unspecified atom stereocenters. The van der Waals surface area contributed by atoms with Gasteiger partial charge in [0.15, 0.2) is 5.57 Å². The van der Waals surface area contributed by atoms with E-state index in [1.54, 1.807) is 12.1 Å². The molecule has 0 spiro atoms. The number of rotatable bonds is 5. The molecule has 0 atom stereocenters. The molecular weight excluding hydrogens is 297 g/mol. The van der Waals surface area contributed by atoms with Crippen LogP contribution in [-0.2, 0) is 5.75 Å². The Balaban J connectivity index is 2.20. The van der Waals surface area contributed by atoms with Crippen molar-refractivity contribution in [3.63, 3.8) is 0 Å². The van der Waals surface area contributed by atoms with E-state index in [1.807, 2.05) is 42.5 Å². The maximum absolute atomic E-state index is 13.2. The molecule has 22 heavy (non-hydrogen) atoms. The van der Waals surface area contributed by atoms with Crippen LogP contribution in [0, 0.1) is 28.5 Å². The highest BCUT2D eigenvalue weighted by molar-refractivity contribution is 8.02. The van der Waals surface area contributed by atoms with Crippen LogP contribution >= 0.6 is 11.8 Å². The predicted octanol–water partition coefficient (Wildman–Crippen LogP) is 4.43. The first-order valence-corrected chi connectivity index (χ1v) is 7.45. The average molecular weight is 309 g/mol. The molecule has 0 aliphatic heterocycles. The summed E-state index contributed by atoms with van der Waals surface area (Å²) in [6.45, 7) is 0. The molecule has 2 rings (SSSR count). The zero-order chi connectivity index (χ0) is 15.8. The fraction of sp³-hybridized carbons (Fsp3) is 0.0588. The Hall–Kier alpha value is -2.76. The fourth-order valence-corrected chi connectivity index (χ4v) is 2.65. The molecule has 0 heterocycles. The summed E-state index contributed by atoms with van der Waals surface area (Å²) >= 11 is 1.33. The van der Waals surface area contributed by atoms with Crippen LogP contribution < -0.4 is 5.32 Å². The monoisotopic (exact) mass is 309 g/mol. The summed E-state index contributed by atoms with van der Waals surface area (Å²) in [5.74, 6) is 0.221. The molecule has 108 valence electrons. The first-order chi connectivity index (χ1) is 10.7. The van der Waals surface area contributed by atoms with Gasteiger partial charge in [-0.3, -0.25) is 0 Å². The van der Waals surface area contributed by atoms with Crippen molar-refractivity contribution in [2.24, 2.45) is 0 Å². The number of benzene rings is 2. The van der Waals surface area contributed by atoms with E-state index in [-0.39, 0.29) is 11.4 Å². The number of anilines is 1. The lowest BCUT2D eigenvalue weighted by Crippen LogP contribution is -2.00. The zero-order valence-electron chi connectivity index (χ0n) is 11.6. The molecule has 1 N–H and O–H groups in total. The Labute approximate surface area is 132 Å². The van der Waals surface area contributed by atoms with Crippen LogP contribution in [0.2, 0.25) is 0 Å². The lowest BCUT2D eigenvalue weighted by atomic mass is 10.2. The topological polar surface area (TPSA) is 59.6 Å². The summed E-state index contributed by atoms with van der Waals surface area (Å²) in [4.78, 5) is 0. The molecule has 0 saturated carbocycles. The quantitative estimate of drug-likeness (QED) is 0.830. The summed E-state index contributed by atoms with van der Waals surface area (Å²) in [6, 6.07) is 19.3. The normalized spacial score (nSPS) is 9.41. The van der Waals surface area contributed by atoms with Crippen molar-refractivity contribution < 1.29 is 4.39 Å². The Morgan fingerprint density at radius 2 is 1.77 bits per heavy atom. The average Bonchev–Trinajstić information content (AvgIpc) is 2.54. The van der Waals surface area contributed by atoms with Crippen molar-refractivity contribution in [2.45, 2.75) is 5.75 Å². The third-order valence-electron chi connectivity index (χ3n) is 2.76. The Morgan fingerprint density at radius 1 is 1.05 bits per heavy atom. The number of nitrogens with zero attached hydrogens (tertiary/aromatic N) is 2. The van der Waals surface area contributed by atoms with E-state index in [1.165, 1.54) is 23.9 Å². The second-order valence-electron chi connectivity index (χ2n) is 4.34. The van der Waals surface area contributed by atoms with Gasteiger partial charge in [0.25, 0.3) is 0 Å². The lowest BCUT2D eigenvalue weighted by Gasteiger charge is -2.11. The fourth-order valence-electron chi connectivity index (χ4n) is 1.72. The van der Waals surface area contributed by atoms with Crippen molar-refractivity contribution in [1.82, 2.24) is 0 Å². The minimum Gasteiger partial charge on any atom is -0.348 e. The van der Waals surface area contributed by atoms with Gasteiger partial charge in [-0.05, 0) is 23.8 Å². The molecule has 2 aromatic rings. The number of nitriles is 2. The molecular formula is C17H12FN3S. The predicted molar refractivity (Wildman–Crippen MR) is 86.0 cm³/mol. The highest BCUT2D eigenvalue weighted by Gasteiger charge is 2.09. The molecule has 0 aliphatic rings. The van der Waals surface area contributed by atoms with Gasteiger partial charge in [-0.2, -0.15) is 10.5 Å². The summed E-state index contributed by atoms with van der Waals surface area (Å²) in [5.41, 5.74) is 1.55. The third kappa shape index (κ3) is 4.37. The second kappa shape index (κ2) is 7.87. The van der Waals surface area contributed by atoms with Gasteiger partial charge in [0.05, 0.1) is 0 Å². The van der Waals surface area contributed by atoms with E-state index in [0.717, 1.165) is 5.56 Å². The van der Waals surface area contributed by atoms with Crippen LogP contribution in [0.1, 0.15) is 5.56 Å². The lowest BCUT2D eigenvalue weighted by molar-refractivity contribution is 0.628. The summed E-state index contributed by atoms with van der Waals surface area (Å²) in [7, 11) is 0. The van der Waals surface area contributed by atoms with Gasteiger partial charge >= 0.3 is 0 Å². The third-order valence-corrected chi connectivity index (χ3v) is 3.83. The van der Waals surface area contributed by atoms with Crippen LogP contribution in [0.3, 0.4) is 0 Å². The molecule has 0 bridgehead atoms. The Kier molecular flexibility index (Phi) is 5.59. The summed E-state index contributed by atoms with van der Waals surface area (Å²) < 4.78 is 13.2. The van der Waals surface area contributed by atoms with Crippen molar-refractivity contribution in [2.75, 3.05) is 5.32 Å². The van der Waals surface area contributed by atoms with E-state index in [4.69, 9.17) is 10.5 Å². The van der Waals surface area contributed by atoms with Gasteiger partial charge in [0.2, 0.25) is 0 Å². The first-order valence-electron chi connectivity index (χ1n) is 6.46. The van der Waals surface area contributed by atoms with Gasteiger partial charge < -0.3 is 5.32 Å². The molecule has 0 amide bonds. The Bertz CT molecular complexity index is 741. The van der Waals surface area contributed by atoms with Crippen LogP contribution in [0.15, 0.2) is 65.2 Å². The molecule has 0 aromatic heterocycles. The minimum atomic E-state index is -0.382. The van der Waals surface area contributed by atoms with Crippen molar-refractivity contribution in [3.05, 3.63) is 76.6 Å². The number of nitrogens with one attached hydrogen (secondary N) is 1. The van der Waals surface area contributed by atoms with Gasteiger partial charge in [-0.25, -0.2) is 4.39 Å². The largest absolute Gasteiger partial charge is 0.348 e. The van der Waals surface area contributed by atoms with Crippen LogP contribution in [0.25, 0.3) is 0 Å². The first kappa shape index (κ1) is 15.6. The SMILES string of the molecule is N#CC(C#N)=C(Nc1cccc(F)c1)SCc1ccccc1. The van der Waals surface area contributed by atoms with Gasteiger partial charge in [0.1, 0.15) is 23.0 Å². The standard InChI is InChI=1S/C17H12FN3S/c18-15-7-4-8-16(9-15)21-17(14(10-19)11-20)22-12-13-5-2-1-3-6-13/h1-9,21H,12H2. The van der Waals surface area contributed by atoms with E-state index in [9.17, 15) is 4.39 Å². The highest BCUT2D eigenvalue weighted by atomic mass is 32.2. The molecule has 0 aliphatic carbocycles. The number of allylic oxidation sites excluding steroid dienone is 1. The highest BCUT2D eigenvalue weighted by Crippen LogP contribution is 2.26. The second-order valence-corrected chi connectivity index (χ2v) is 5.32. The van der Waals surface area contributed by atoms with Gasteiger partial charge in [-0.15, -0.1) is 11.8 Å². The minimum absolute atomic E-state index is 0.0230. The van der Waals surface area contributed by atoms with E-state index < -0.39 is 0 Å². The van der Waals surface area contributed by atoms with Crippen LogP contribution in [0.4, 0.5) is 10.1 Å². The molecule has 0 fully saturated rings. The number of hydrogen-bond acceptors (Lipinski definition) is 4. The molecule has 3 nitrogen and oxygen atoms in total. The zero-order valence-corrected chi connectivity index (χ0v) is 12.4. The van der Waals surface area contributed by atoms with Gasteiger partial charge in [0, 0.05) is 11.4 Å². The maximum atomic E-state index is 13.2. The van der Waals surface area contributed by atoms with Crippen LogP contribution in [-0.4, -0.2) is 0 Å². The summed E-state index contributed by atoms with van der Waals surface area (Å²) in [5, 5.41) is 21.5. The van der Waals surface area contributed by atoms with Crippen molar-refractivity contribution in [1.29, 1.82) is 10.5 Å². The molecule has 0 radical (unpaired) electrons. The van der Waals surface area contributed by atoms with Crippen molar-refractivity contribution >= 4 is 17.4 Å². The van der Waals surface area contributed by atoms with Gasteiger partial charge in [-0.1, -0.05) is 36.4 Å². The number of hydrogen-bond donors (Lipinski definition) is 1. The summed E-state index contributed by atoms with van der Waals surface area (Å²) in [6.07, 6.45) is 0. The number of halogens is 1.